The van der Waals surface area contributed by atoms with Gasteiger partial charge in [-0.1, -0.05) is 32.1 Å². The predicted octanol–water partition coefficient (Wildman–Crippen LogP) is 4.76. The second-order valence-corrected chi connectivity index (χ2v) is 5.02. The number of hydrogen-bond donors (Lipinski definition) is 2. The summed E-state index contributed by atoms with van der Waals surface area (Å²) in [4.78, 5) is 0. The molecule has 0 aromatic heterocycles. The van der Waals surface area contributed by atoms with E-state index in [0.29, 0.717) is 5.92 Å². The predicted molar refractivity (Wildman–Crippen MR) is 87.9 cm³/mol. The van der Waals surface area contributed by atoms with Crippen LogP contribution in [0.4, 0.5) is 5.69 Å². The number of allylic oxidation sites excluding steroid dienone is 1. The Kier molecular flexibility index (Phi) is 8.17. The van der Waals surface area contributed by atoms with Crippen LogP contribution in [0.1, 0.15) is 62.8 Å². The second kappa shape index (κ2) is 8.76. The lowest BCUT2D eigenvalue weighted by molar-refractivity contribution is 0.724. The summed E-state index contributed by atoms with van der Waals surface area (Å²) < 4.78 is 0. The Morgan fingerprint density at radius 3 is 2.26 bits per heavy atom. The van der Waals surface area contributed by atoms with E-state index in [2.05, 4.69) is 44.8 Å². The molecule has 1 rings (SSSR count). The second-order valence-electron chi connectivity index (χ2n) is 5.02. The lowest BCUT2D eigenvalue weighted by Crippen LogP contribution is -2.12. The summed E-state index contributed by atoms with van der Waals surface area (Å²) >= 11 is 0. The number of benzene rings is 1. The van der Waals surface area contributed by atoms with Crippen LogP contribution >= 0.6 is 0 Å². The summed E-state index contributed by atoms with van der Waals surface area (Å²) in [6.07, 6.45) is 2.90. The van der Waals surface area contributed by atoms with Gasteiger partial charge in [0.1, 0.15) is 0 Å². The third-order valence-electron chi connectivity index (χ3n) is 3.34. The van der Waals surface area contributed by atoms with Gasteiger partial charge in [-0.25, -0.2) is 0 Å². The van der Waals surface area contributed by atoms with Crippen molar-refractivity contribution in [1.29, 1.82) is 0 Å². The molecule has 0 radical (unpaired) electrons. The van der Waals surface area contributed by atoms with Crippen molar-refractivity contribution >= 4 is 5.69 Å². The lowest BCUT2D eigenvalue weighted by atomic mass is 9.89. The molecule has 0 aliphatic carbocycles. The molecular formula is C17H30N2. The van der Waals surface area contributed by atoms with Gasteiger partial charge in [0.15, 0.2) is 0 Å². The van der Waals surface area contributed by atoms with Crippen LogP contribution in [0.25, 0.3) is 0 Å². The van der Waals surface area contributed by atoms with Crippen molar-refractivity contribution in [3.63, 3.8) is 0 Å². The molecule has 0 saturated heterocycles. The minimum Gasteiger partial charge on any atom is -0.388 e. The molecule has 0 bridgehead atoms. The molecule has 2 atom stereocenters. The minimum atomic E-state index is 0.0749. The molecular weight excluding hydrogens is 232 g/mol. The first-order chi connectivity index (χ1) is 8.94. The fraction of sp³-hybridized carbons (Fsp3) is 0.529. The first kappa shape index (κ1) is 17.7. The molecule has 0 amide bonds. The zero-order chi connectivity index (χ0) is 15.0. The molecule has 2 unspecified atom stereocenters. The minimum absolute atomic E-state index is 0.0749. The third kappa shape index (κ3) is 4.71. The average molecular weight is 262 g/mol. The van der Waals surface area contributed by atoms with Crippen molar-refractivity contribution in [2.24, 2.45) is 5.73 Å². The van der Waals surface area contributed by atoms with Crippen LogP contribution in [0.2, 0.25) is 0 Å². The summed E-state index contributed by atoms with van der Waals surface area (Å²) in [6, 6.07) is 4.39. The highest BCUT2D eigenvalue weighted by Crippen LogP contribution is 2.34. The van der Waals surface area contributed by atoms with Gasteiger partial charge in [-0.15, -0.1) is 6.58 Å². The Morgan fingerprint density at radius 1 is 1.37 bits per heavy atom. The molecule has 1 aromatic rings. The van der Waals surface area contributed by atoms with Gasteiger partial charge in [0, 0.05) is 18.8 Å². The lowest BCUT2D eigenvalue weighted by Gasteiger charge is -2.22. The Balaban J connectivity index is 0.000000982. The highest BCUT2D eigenvalue weighted by atomic mass is 14.8. The summed E-state index contributed by atoms with van der Waals surface area (Å²) in [6.45, 7) is 14.0. The van der Waals surface area contributed by atoms with Gasteiger partial charge in [-0.2, -0.15) is 0 Å². The van der Waals surface area contributed by atoms with E-state index in [9.17, 15) is 0 Å². The Morgan fingerprint density at radius 2 is 1.89 bits per heavy atom. The molecule has 0 aliphatic rings. The van der Waals surface area contributed by atoms with E-state index < -0.39 is 0 Å². The highest BCUT2D eigenvalue weighted by molar-refractivity contribution is 5.62. The topological polar surface area (TPSA) is 38.0 Å². The summed E-state index contributed by atoms with van der Waals surface area (Å²) in [5.74, 6) is 0.571. The molecule has 108 valence electrons. The van der Waals surface area contributed by atoms with Gasteiger partial charge >= 0.3 is 0 Å². The van der Waals surface area contributed by atoms with Crippen molar-refractivity contribution in [2.75, 3.05) is 12.4 Å². The number of hydrogen-bond acceptors (Lipinski definition) is 2. The van der Waals surface area contributed by atoms with Crippen molar-refractivity contribution in [3.05, 3.63) is 41.5 Å². The van der Waals surface area contributed by atoms with Crippen molar-refractivity contribution < 1.29 is 0 Å². The van der Waals surface area contributed by atoms with Crippen molar-refractivity contribution in [1.82, 2.24) is 0 Å². The summed E-state index contributed by atoms with van der Waals surface area (Å²) in [7, 11) is 1.98. The molecule has 3 N–H and O–H groups in total. The smallest absolute Gasteiger partial charge is 0.0423 e. The first-order valence-electron chi connectivity index (χ1n) is 7.08. The SMILES string of the molecule is C=CC.CCC(C)c1c(C)ccc(C(C)N)c1NC. The molecule has 0 saturated carbocycles. The first-order valence-corrected chi connectivity index (χ1v) is 7.08. The van der Waals surface area contributed by atoms with Crippen LogP contribution in [0.15, 0.2) is 24.8 Å². The van der Waals surface area contributed by atoms with Crippen LogP contribution in [0.3, 0.4) is 0 Å². The van der Waals surface area contributed by atoms with E-state index in [-0.39, 0.29) is 6.04 Å². The maximum absolute atomic E-state index is 6.01. The maximum atomic E-state index is 6.01. The molecule has 0 aliphatic heterocycles. The summed E-state index contributed by atoms with van der Waals surface area (Å²) in [5, 5.41) is 3.32. The van der Waals surface area contributed by atoms with Gasteiger partial charge in [0.25, 0.3) is 0 Å². The van der Waals surface area contributed by atoms with Gasteiger partial charge in [0.05, 0.1) is 0 Å². The van der Waals surface area contributed by atoms with Gasteiger partial charge in [-0.05, 0) is 49.8 Å². The van der Waals surface area contributed by atoms with Gasteiger partial charge in [-0.3, -0.25) is 0 Å². The quantitative estimate of drug-likeness (QED) is 0.768. The molecule has 1 aromatic carbocycles. The van der Waals surface area contributed by atoms with E-state index in [0.717, 1.165) is 6.42 Å². The van der Waals surface area contributed by atoms with E-state index in [1.807, 2.05) is 20.9 Å². The number of nitrogens with two attached hydrogens (primary N) is 1. The van der Waals surface area contributed by atoms with E-state index in [4.69, 9.17) is 5.73 Å². The number of anilines is 1. The van der Waals surface area contributed by atoms with Crippen LogP contribution in [-0.4, -0.2) is 7.05 Å². The zero-order valence-electron chi connectivity index (χ0n) is 13.4. The number of rotatable bonds is 4. The van der Waals surface area contributed by atoms with E-state index >= 15 is 0 Å². The Bertz CT molecular complexity index is 394. The molecule has 0 heterocycles. The van der Waals surface area contributed by atoms with E-state index in [1.54, 1.807) is 6.08 Å². The monoisotopic (exact) mass is 262 g/mol. The largest absolute Gasteiger partial charge is 0.388 e. The highest BCUT2D eigenvalue weighted by Gasteiger charge is 2.16. The zero-order valence-corrected chi connectivity index (χ0v) is 13.4. The Hall–Kier alpha value is -1.28. The normalized spacial score (nSPS) is 13.0. The number of aryl methyl sites for hydroxylation is 1. The molecule has 0 fully saturated rings. The average Bonchev–Trinajstić information content (AvgIpc) is 2.37. The van der Waals surface area contributed by atoms with Crippen LogP contribution in [-0.2, 0) is 0 Å². The maximum Gasteiger partial charge on any atom is 0.0423 e. The van der Waals surface area contributed by atoms with Gasteiger partial charge < -0.3 is 11.1 Å². The third-order valence-corrected chi connectivity index (χ3v) is 3.34. The van der Waals surface area contributed by atoms with Crippen molar-refractivity contribution in [2.45, 2.75) is 53.0 Å². The van der Waals surface area contributed by atoms with Crippen LogP contribution < -0.4 is 11.1 Å². The van der Waals surface area contributed by atoms with Crippen molar-refractivity contribution in [3.8, 4) is 0 Å². The molecule has 2 heteroatoms. The fourth-order valence-electron chi connectivity index (χ4n) is 2.24. The standard InChI is InChI=1S/C14H24N2.C3H6/c1-6-9(2)13-10(3)7-8-12(11(4)15)14(13)16-5;1-3-2/h7-9,11,16H,6,15H2,1-5H3;3H,1H2,2H3. The van der Waals surface area contributed by atoms with E-state index in [1.165, 1.54) is 22.4 Å². The fourth-order valence-corrected chi connectivity index (χ4v) is 2.24. The molecule has 2 nitrogen and oxygen atoms in total. The number of nitrogens with one attached hydrogen (secondary N) is 1. The van der Waals surface area contributed by atoms with Crippen LogP contribution in [0.5, 0.6) is 0 Å². The van der Waals surface area contributed by atoms with Gasteiger partial charge in [0.2, 0.25) is 0 Å². The summed E-state index contributed by atoms with van der Waals surface area (Å²) in [5.41, 5.74) is 11.2. The molecule has 0 spiro atoms. The Labute approximate surface area is 119 Å². The van der Waals surface area contributed by atoms with Crippen LogP contribution in [0, 0.1) is 6.92 Å². The molecule has 19 heavy (non-hydrogen) atoms.